The van der Waals surface area contributed by atoms with Gasteiger partial charge in [-0.05, 0) is 48.1 Å². The Kier molecular flexibility index (Phi) is 6.43. The van der Waals surface area contributed by atoms with Gasteiger partial charge >= 0.3 is 6.03 Å². The molecule has 0 aliphatic rings. The smallest absolute Gasteiger partial charge is 0.315 e. The molecule has 0 aliphatic heterocycles. The van der Waals surface area contributed by atoms with Crippen LogP contribution in [0.1, 0.15) is 18.2 Å². The van der Waals surface area contributed by atoms with Gasteiger partial charge in [-0.3, -0.25) is 0 Å². The summed E-state index contributed by atoms with van der Waals surface area (Å²) < 4.78 is 5.16. The van der Waals surface area contributed by atoms with Crippen LogP contribution in [-0.2, 0) is 6.54 Å². The molecular formula is C17H22N2O3S. The zero-order chi connectivity index (χ0) is 16.7. The highest BCUT2D eigenvalue weighted by molar-refractivity contribution is 7.10. The number of thiophene rings is 1. The van der Waals surface area contributed by atoms with E-state index >= 15 is 0 Å². The van der Waals surface area contributed by atoms with Crippen molar-refractivity contribution >= 4 is 17.4 Å². The van der Waals surface area contributed by atoms with Crippen molar-refractivity contribution in [2.75, 3.05) is 13.7 Å². The van der Waals surface area contributed by atoms with Gasteiger partial charge in [-0.1, -0.05) is 12.1 Å². The molecule has 124 valence electrons. The van der Waals surface area contributed by atoms with Crippen LogP contribution in [0.5, 0.6) is 5.75 Å². The van der Waals surface area contributed by atoms with Crippen molar-refractivity contribution in [2.45, 2.75) is 25.9 Å². The summed E-state index contributed by atoms with van der Waals surface area (Å²) >= 11 is 1.61. The Hall–Kier alpha value is -2.05. The Labute approximate surface area is 140 Å². The fourth-order valence-corrected chi connectivity index (χ4v) is 2.95. The van der Waals surface area contributed by atoms with Gasteiger partial charge in [0.25, 0.3) is 0 Å². The number of aliphatic hydroxyl groups excluding tert-OH is 1. The van der Waals surface area contributed by atoms with Gasteiger partial charge in [0, 0.05) is 17.5 Å². The van der Waals surface area contributed by atoms with Crippen molar-refractivity contribution < 1.29 is 14.6 Å². The lowest BCUT2D eigenvalue weighted by Gasteiger charge is -2.12. The molecule has 0 aliphatic carbocycles. The molecule has 0 saturated carbocycles. The van der Waals surface area contributed by atoms with E-state index in [2.05, 4.69) is 22.1 Å². The fraction of sp³-hybridized carbons (Fsp3) is 0.353. The summed E-state index contributed by atoms with van der Waals surface area (Å²) in [6, 6.07) is 9.71. The molecule has 1 aromatic carbocycles. The van der Waals surface area contributed by atoms with E-state index < -0.39 is 0 Å². The molecule has 1 heterocycles. The van der Waals surface area contributed by atoms with E-state index in [4.69, 9.17) is 9.84 Å². The summed E-state index contributed by atoms with van der Waals surface area (Å²) in [7, 11) is 1.65. The summed E-state index contributed by atoms with van der Waals surface area (Å²) in [5.74, 6) is 0.833. The van der Waals surface area contributed by atoms with Gasteiger partial charge in [0.05, 0.1) is 13.7 Å². The number of aliphatic hydroxyl groups is 1. The Bertz CT molecular complexity index is 625. The summed E-state index contributed by atoms with van der Waals surface area (Å²) in [6.45, 7) is 2.42. The Balaban J connectivity index is 1.88. The standard InChI is InChI=1S/C17H22N2O3S/c1-12(7-8-20)19-17(21)18-10-16-9-14(11-23-16)13-3-5-15(22-2)6-4-13/h3-6,9,11-12,20H,7-8,10H2,1-2H3,(H2,18,19,21)/t12-/m1/s1. The second kappa shape index (κ2) is 8.55. The summed E-state index contributed by atoms with van der Waals surface area (Å²) in [4.78, 5) is 12.8. The maximum Gasteiger partial charge on any atom is 0.315 e. The molecular weight excluding hydrogens is 312 g/mol. The van der Waals surface area contributed by atoms with E-state index in [1.165, 1.54) is 0 Å². The molecule has 1 aromatic heterocycles. The molecule has 0 bridgehead atoms. The molecule has 3 N–H and O–H groups in total. The highest BCUT2D eigenvalue weighted by atomic mass is 32.1. The van der Waals surface area contributed by atoms with Gasteiger partial charge in [0.1, 0.15) is 5.75 Å². The quantitative estimate of drug-likeness (QED) is 0.729. The SMILES string of the molecule is COc1ccc(-c2csc(CNC(=O)N[C@H](C)CCO)c2)cc1. The first kappa shape index (κ1) is 17.3. The van der Waals surface area contributed by atoms with Crippen LogP contribution in [0.3, 0.4) is 0 Å². The summed E-state index contributed by atoms with van der Waals surface area (Å²) in [6.07, 6.45) is 0.550. The van der Waals surface area contributed by atoms with Crippen LogP contribution < -0.4 is 15.4 Å². The highest BCUT2D eigenvalue weighted by Crippen LogP contribution is 2.27. The second-order valence-corrected chi connectivity index (χ2v) is 6.27. The number of carbonyl (C=O) groups is 1. The second-order valence-electron chi connectivity index (χ2n) is 5.27. The number of nitrogens with one attached hydrogen (secondary N) is 2. The predicted molar refractivity (Wildman–Crippen MR) is 92.8 cm³/mol. The molecule has 6 heteroatoms. The van der Waals surface area contributed by atoms with Gasteiger partial charge in [0.15, 0.2) is 0 Å². The van der Waals surface area contributed by atoms with Crippen molar-refractivity contribution in [1.82, 2.24) is 10.6 Å². The average molecular weight is 334 g/mol. The van der Waals surface area contributed by atoms with Gasteiger partial charge in [-0.2, -0.15) is 0 Å². The third kappa shape index (κ3) is 5.26. The molecule has 2 aromatic rings. The first-order valence-electron chi connectivity index (χ1n) is 7.49. The number of methoxy groups -OCH3 is 1. The van der Waals surface area contributed by atoms with E-state index in [-0.39, 0.29) is 18.7 Å². The summed E-state index contributed by atoms with van der Waals surface area (Å²) in [5, 5.41) is 16.5. The number of ether oxygens (including phenoxy) is 1. The number of carbonyl (C=O) groups excluding carboxylic acids is 1. The van der Waals surface area contributed by atoms with Crippen LogP contribution in [-0.4, -0.2) is 30.9 Å². The monoisotopic (exact) mass is 334 g/mol. The number of hydrogen-bond acceptors (Lipinski definition) is 4. The van der Waals surface area contributed by atoms with E-state index in [1.54, 1.807) is 18.4 Å². The molecule has 1 atom stereocenters. The zero-order valence-electron chi connectivity index (χ0n) is 13.3. The number of hydrogen-bond donors (Lipinski definition) is 3. The van der Waals surface area contributed by atoms with Crippen LogP contribution in [0, 0.1) is 0 Å². The van der Waals surface area contributed by atoms with E-state index in [1.807, 2.05) is 31.2 Å². The summed E-state index contributed by atoms with van der Waals surface area (Å²) in [5.41, 5.74) is 2.25. The fourth-order valence-electron chi connectivity index (χ4n) is 2.12. The molecule has 2 amide bonds. The van der Waals surface area contributed by atoms with Crippen LogP contribution >= 0.6 is 11.3 Å². The molecule has 0 spiro atoms. The van der Waals surface area contributed by atoms with Gasteiger partial charge in [-0.25, -0.2) is 4.79 Å². The Morgan fingerprint density at radius 1 is 1.30 bits per heavy atom. The van der Waals surface area contributed by atoms with Gasteiger partial charge in [0.2, 0.25) is 0 Å². The van der Waals surface area contributed by atoms with Crippen molar-refractivity contribution in [1.29, 1.82) is 0 Å². The predicted octanol–water partition coefficient (Wildman–Crippen LogP) is 2.99. The number of rotatable bonds is 7. The largest absolute Gasteiger partial charge is 0.497 e. The van der Waals surface area contributed by atoms with E-state index in [0.717, 1.165) is 21.8 Å². The third-order valence-corrected chi connectivity index (χ3v) is 4.38. The van der Waals surface area contributed by atoms with Crippen molar-refractivity contribution in [2.24, 2.45) is 0 Å². The maximum absolute atomic E-state index is 11.7. The number of amides is 2. The molecule has 23 heavy (non-hydrogen) atoms. The lowest BCUT2D eigenvalue weighted by Crippen LogP contribution is -2.40. The number of benzene rings is 1. The minimum atomic E-state index is -0.217. The lowest BCUT2D eigenvalue weighted by atomic mass is 10.1. The Morgan fingerprint density at radius 3 is 2.70 bits per heavy atom. The Morgan fingerprint density at radius 2 is 2.04 bits per heavy atom. The van der Waals surface area contributed by atoms with Gasteiger partial charge < -0.3 is 20.5 Å². The molecule has 0 unspecified atom stereocenters. The lowest BCUT2D eigenvalue weighted by molar-refractivity contribution is 0.231. The maximum atomic E-state index is 11.7. The van der Waals surface area contributed by atoms with Crippen LogP contribution in [0.2, 0.25) is 0 Å². The highest BCUT2D eigenvalue weighted by Gasteiger charge is 2.08. The normalized spacial score (nSPS) is 11.8. The topological polar surface area (TPSA) is 70.6 Å². The minimum Gasteiger partial charge on any atom is -0.497 e. The van der Waals surface area contributed by atoms with Crippen molar-refractivity contribution in [3.63, 3.8) is 0 Å². The van der Waals surface area contributed by atoms with E-state index in [0.29, 0.717) is 13.0 Å². The average Bonchev–Trinajstić information content (AvgIpc) is 3.02. The van der Waals surface area contributed by atoms with Crippen molar-refractivity contribution in [3.8, 4) is 16.9 Å². The van der Waals surface area contributed by atoms with Crippen LogP contribution in [0.25, 0.3) is 11.1 Å². The van der Waals surface area contributed by atoms with Gasteiger partial charge in [-0.15, -0.1) is 11.3 Å². The minimum absolute atomic E-state index is 0.0433. The molecule has 5 nitrogen and oxygen atoms in total. The third-order valence-electron chi connectivity index (χ3n) is 3.44. The van der Waals surface area contributed by atoms with Crippen LogP contribution in [0.15, 0.2) is 35.7 Å². The van der Waals surface area contributed by atoms with Crippen molar-refractivity contribution in [3.05, 3.63) is 40.6 Å². The molecule has 0 fully saturated rings. The number of urea groups is 1. The molecule has 2 rings (SSSR count). The van der Waals surface area contributed by atoms with Crippen LogP contribution in [0.4, 0.5) is 4.79 Å². The first-order valence-corrected chi connectivity index (χ1v) is 8.37. The first-order chi connectivity index (χ1) is 11.1. The molecule has 0 radical (unpaired) electrons. The van der Waals surface area contributed by atoms with E-state index in [9.17, 15) is 4.79 Å². The zero-order valence-corrected chi connectivity index (χ0v) is 14.2. The molecule has 0 saturated heterocycles.